The van der Waals surface area contributed by atoms with Gasteiger partial charge < -0.3 is 4.74 Å². The van der Waals surface area contributed by atoms with E-state index in [1.165, 1.54) is 0 Å². The minimum atomic E-state index is 0.244. The van der Waals surface area contributed by atoms with Crippen molar-refractivity contribution >= 4 is 17.1 Å². The van der Waals surface area contributed by atoms with Crippen LogP contribution in [0.3, 0.4) is 0 Å². The molecule has 88 valence electrons. The van der Waals surface area contributed by atoms with Crippen LogP contribution >= 0.6 is 11.3 Å². The number of rotatable bonds is 5. The van der Waals surface area contributed by atoms with Crippen molar-refractivity contribution in [2.45, 2.75) is 12.8 Å². The zero-order chi connectivity index (χ0) is 12.1. The molecule has 0 saturated heterocycles. The van der Waals surface area contributed by atoms with Gasteiger partial charge in [0.1, 0.15) is 11.5 Å². The number of benzene rings is 1. The summed E-state index contributed by atoms with van der Waals surface area (Å²) in [5, 5.41) is 4.02. The molecule has 17 heavy (non-hydrogen) atoms. The number of thiophene rings is 1. The molecule has 1 aromatic carbocycles. The predicted octanol–water partition coefficient (Wildman–Crippen LogP) is 3.11. The summed E-state index contributed by atoms with van der Waals surface area (Å²) in [4.78, 5) is 11.8. The third-order valence-corrected chi connectivity index (χ3v) is 3.27. The smallest absolute Gasteiger partial charge is 0.141 e. The first-order valence-corrected chi connectivity index (χ1v) is 6.38. The van der Waals surface area contributed by atoms with Crippen LogP contribution in [-0.4, -0.2) is 12.9 Å². The Kier molecular flexibility index (Phi) is 3.94. The van der Waals surface area contributed by atoms with Gasteiger partial charge in [-0.1, -0.05) is 12.1 Å². The quantitative estimate of drug-likeness (QED) is 0.810. The van der Waals surface area contributed by atoms with Gasteiger partial charge in [0.2, 0.25) is 0 Å². The van der Waals surface area contributed by atoms with Gasteiger partial charge in [-0.15, -0.1) is 0 Å². The van der Waals surface area contributed by atoms with Crippen LogP contribution in [0.25, 0.3) is 0 Å². The van der Waals surface area contributed by atoms with Crippen LogP contribution in [-0.2, 0) is 17.6 Å². The lowest BCUT2D eigenvalue weighted by Crippen LogP contribution is -2.05. The summed E-state index contributed by atoms with van der Waals surface area (Å²) in [5.74, 6) is 1.06. The van der Waals surface area contributed by atoms with Crippen molar-refractivity contribution in [3.05, 3.63) is 52.2 Å². The average Bonchev–Trinajstić information content (AvgIpc) is 2.82. The Balaban J connectivity index is 1.93. The molecular weight excluding hydrogens is 232 g/mol. The molecule has 1 heterocycles. The number of Topliss-reactive ketones (excluding diaryl/α,β-unsaturated/α-hetero) is 1. The SMILES string of the molecule is COc1ccc(CC(=O)Cc2ccsc2)cc1. The molecule has 2 rings (SSSR count). The molecular formula is C14H14O2S. The molecule has 0 fully saturated rings. The zero-order valence-electron chi connectivity index (χ0n) is 9.68. The topological polar surface area (TPSA) is 26.3 Å². The molecule has 0 aliphatic rings. The van der Waals surface area contributed by atoms with E-state index in [-0.39, 0.29) is 5.78 Å². The Labute approximate surface area is 105 Å². The van der Waals surface area contributed by atoms with Crippen molar-refractivity contribution in [2.75, 3.05) is 7.11 Å². The van der Waals surface area contributed by atoms with E-state index >= 15 is 0 Å². The Morgan fingerprint density at radius 1 is 1.12 bits per heavy atom. The third-order valence-electron chi connectivity index (χ3n) is 2.54. The number of carbonyl (C=O) groups excluding carboxylic acids is 1. The van der Waals surface area contributed by atoms with E-state index in [1.807, 2.05) is 41.1 Å². The Morgan fingerprint density at radius 3 is 2.41 bits per heavy atom. The Morgan fingerprint density at radius 2 is 1.82 bits per heavy atom. The lowest BCUT2D eigenvalue weighted by molar-refractivity contribution is -0.117. The molecule has 0 radical (unpaired) electrons. The third kappa shape index (κ3) is 3.43. The maximum absolute atomic E-state index is 11.8. The number of ketones is 1. The van der Waals surface area contributed by atoms with Crippen molar-refractivity contribution in [1.29, 1.82) is 0 Å². The van der Waals surface area contributed by atoms with Crippen LogP contribution in [0, 0.1) is 0 Å². The lowest BCUT2D eigenvalue weighted by atomic mass is 10.0. The summed E-state index contributed by atoms with van der Waals surface area (Å²) in [7, 11) is 1.64. The number of carbonyl (C=O) groups is 1. The summed E-state index contributed by atoms with van der Waals surface area (Å²) in [6.07, 6.45) is 1.01. The predicted molar refractivity (Wildman–Crippen MR) is 69.7 cm³/mol. The van der Waals surface area contributed by atoms with Gasteiger partial charge >= 0.3 is 0 Å². The van der Waals surface area contributed by atoms with Gasteiger partial charge in [0.05, 0.1) is 7.11 Å². The van der Waals surface area contributed by atoms with E-state index in [2.05, 4.69) is 0 Å². The Hall–Kier alpha value is -1.61. The second kappa shape index (κ2) is 5.64. The molecule has 0 atom stereocenters. The van der Waals surface area contributed by atoms with Gasteiger partial charge in [0, 0.05) is 12.8 Å². The monoisotopic (exact) mass is 246 g/mol. The van der Waals surface area contributed by atoms with E-state index in [1.54, 1.807) is 18.4 Å². The fraction of sp³-hybridized carbons (Fsp3) is 0.214. The van der Waals surface area contributed by atoms with Gasteiger partial charge in [-0.2, -0.15) is 11.3 Å². The molecule has 0 aliphatic carbocycles. The number of hydrogen-bond donors (Lipinski definition) is 0. The molecule has 0 amide bonds. The molecule has 1 aromatic heterocycles. The van der Waals surface area contributed by atoms with Gasteiger partial charge in [0.25, 0.3) is 0 Å². The van der Waals surface area contributed by atoms with E-state index in [0.29, 0.717) is 12.8 Å². The highest BCUT2D eigenvalue weighted by Crippen LogP contribution is 2.13. The molecule has 0 N–H and O–H groups in total. The lowest BCUT2D eigenvalue weighted by Gasteiger charge is -2.02. The number of methoxy groups -OCH3 is 1. The van der Waals surface area contributed by atoms with Crippen LogP contribution in [0.4, 0.5) is 0 Å². The van der Waals surface area contributed by atoms with Gasteiger partial charge in [-0.05, 0) is 40.1 Å². The second-order valence-corrected chi connectivity index (χ2v) is 4.65. The maximum Gasteiger partial charge on any atom is 0.141 e. The van der Waals surface area contributed by atoms with Crippen molar-refractivity contribution in [1.82, 2.24) is 0 Å². The van der Waals surface area contributed by atoms with Crippen molar-refractivity contribution in [2.24, 2.45) is 0 Å². The highest BCUT2D eigenvalue weighted by molar-refractivity contribution is 7.07. The molecule has 0 spiro atoms. The van der Waals surface area contributed by atoms with E-state index in [4.69, 9.17) is 4.74 Å². The van der Waals surface area contributed by atoms with Crippen LogP contribution in [0.15, 0.2) is 41.1 Å². The second-order valence-electron chi connectivity index (χ2n) is 3.87. The van der Waals surface area contributed by atoms with E-state index in [9.17, 15) is 4.79 Å². The van der Waals surface area contributed by atoms with Crippen LogP contribution in [0.1, 0.15) is 11.1 Å². The minimum absolute atomic E-state index is 0.244. The molecule has 2 aromatic rings. The summed E-state index contributed by atoms with van der Waals surface area (Å²) in [6, 6.07) is 9.63. The summed E-state index contributed by atoms with van der Waals surface area (Å²) < 4.78 is 5.08. The first kappa shape index (κ1) is 11.9. The number of hydrogen-bond acceptors (Lipinski definition) is 3. The van der Waals surface area contributed by atoms with Crippen molar-refractivity contribution < 1.29 is 9.53 Å². The first-order valence-electron chi connectivity index (χ1n) is 5.43. The van der Waals surface area contributed by atoms with Crippen molar-refractivity contribution in [3.8, 4) is 5.75 Å². The summed E-state index contributed by atoms with van der Waals surface area (Å²) in [6.45, 7) is 0. The van der Waals surface area contributed by atoms with Gasteiger partial charge in [-0.25, -0.2) is 0 Å². The fourth-order valence-corrected chi connectivity index (χ4v) is 2.32. The average molecular weight is 246 g/mol. The molecule has 3 heteroatoms. The number of ether oxygens (including phenoxy) is 1. The standard InChI is InChI=1S/C14H14O2S/c1-16-14-4-2-11(3-5-14)8-13(15)9-12-6-7-17-10-12/h2-7,10H,8-9H2,1H3. The maximum atomic E-state index is 11.8. The molecule has 0 bridgehead atoms. The van der Waals surface area contributed by atoms with Crippen molar-refractivity contribution in [3.63, 3.8) is 0 Å². The first-order chi connectivity index (χ1) is 8.28. The van der Waals surface area contributed by atoms with Crippen LogP contribution in [0.5, 0.6) is 5.75 Å². The van der Waals surface area contributed by atoms with Crippen LogP contribution < -0.4 is 4.74 Å². The molecule has 0 unspecified atom stereocenters. The van der Waals surface area contributed by atoms with Gasteiger partial charge in [-0.3, -0.25) is 4.79 Å². The summed E-state index contributed by atoms with van der Waals surface area (Å²) in [5.41, 5.74) is 2.14. The molecule has 0 aliphatic heterocycles. The van der Waals surface area contributed by atoms with E-state index < -0.39 is 0 Å². The molecule has 0 saturated carbocycles. The van der Waals surface area contributed by atoms with Crippen LogP contribution in [0.2, 0.25) is 0 Å². The highest BCUT2D eigenvalue weighted by atomic mass is 32.1. The normalized spacial score (nSPS) is 10.2. The fourth-order valence-electron chi connectivity index (χ4n) is 1.65. The minimum Gasteiger partial charge on any atom is -0.497 e. The molecule has 2 nitrogen and oxygen atoms in total. The Bertz CT molecular complexity index is 471. The summed E-state index contributed by atoms with van der Waals surface area (Å²) >= 11 is 1.62. The highest BCUT2D eigenvalue weighted by Gasteiger charge is 2.05. The van der Waals surface area contributed by atoms with Gasteiger partial charge in [0.15, 0.2) is 0 Å². The largest absolute Gasteiger partial charge is 0.497 e. The van der Waals surface area contributed by atoms with E-state index in [0.717, 1.165) is 16.9 Å². The zero-order valence-corrected chi connectivity index (χ0v) is 10.5.